The van der Waals surface area contributed by atoms with Crippen LogP contribution in [0, 0.1) is 5.92 Å². The lowest BCUT2D eigenvalue weighted by Gasteiger charge is -2.20. The summed E-state index contributed by atoms with van der Waals surface area (Å²) in [5.74, 6) is -0.129. The van der Waals surface area contributed by atoms with Crippen LogP contribution in [0.4, 0.5) is 5.95 Å². The van der Waals surface area contributed by atoms with Gasteiger partial charge in [0, 0.05) is 37.5 Å². The zero-order valence-electron chi connectivity index (χ0n) is 18.0. The van der Waals surface area contributed by atoms with Gasteiger partial charge in [-0.15, -0.1) is 0 Å². The molecule has 5 rings (SSSR count). The first-order chi connectivity index (χ1) is 16.1. The predicted molar refractivity (Wildman–Crippen MR) is 128 cm³/mol. The number of nitrogens with one attached hydrogen (secondary N) is 3. The van der Waals surface area contributed by atoms with Crippen LogP contribution in [0.15, 0.2) is 77.7 Å². The second-order valence-corrected chi connectivity index (χ2v) is 7.81. The molecule has 164 valence electrons. The van der Waals surface area contributed by atoms with Crippen LogP contribution in [0.1, 0.15) is 23.7 Å². The van der Waals surface area contributed by atoms with E-state index in [0.717, 1.165) is 16.7 Å². The molecule has 3 heterocycles. The molecular weight excluding hydrogens is 416 g/mol. The van der Waals surface area contributed by atoms with E-state index in [1.54, 1.807) is 24.7 Å². The summed E-state index contributed by atoms with van der Waals surface area (Å²) in [6, 6.07) is 7.46. The molecule has 0 spiro atoms. The van der Waals surface area contributed by atoms with E-state index in [2.05, 4.69) is 36.7 Å². The number of carbonyl (C=O) groups excluding carboxylic acids is 2. The smallest absolute Gasteiger partial charge is 0.272 e. The Morgan fingerprint density at radius 1 is 1.12 bits per heavy atom. The molecule has 8 heteroatoms. The molecule has 0 fully saturated rings. The van der Waals surface area contributed by atoms with Crippen LogP contribution in [0.25, 0.3) is 22.2 Å². The molecule has 1 unspecified atom stereocenters. The molecule has 0 saturated carbocycles. The summed E-state index contributed by atoms with van der Waals surface area (Å²) in [6.07, 6.45) is 13.7. The summed E-state index contributed by atoms with van der Waals surface area (Å²) < 4.78 is 0. The first-order valence-corrected chi connectivity index (χ1v) is 10.8. The fourth-order valence-electron chi connectivity index (χ4n) is 3.99. The van der Waals surface area contributed by atoms with Gasteiger partial charge in [-0.25, -0.2) is 4.98 Å². The molecule has 0 radical (unpaired) electrons. The number of imidazole rings is 1. The highest BCUT2D eigenvalue weighted by molar-refractivity contribution is 6.43. The zero-order valence-corrected chi connectivity index (χ0v) is 18.0. The average Bonchev–Trinajstić information content (AvgIpc) is 3.26. The second kappa shape index (κ2) is 8.66. The number of benzene rings is 1. The van der Waals surface area contributed by atoms with E-state index in [1.807, 2.05) is 43.4 Å². The summed E-state index contributed by atoms with van der Waals surface area (Å²) in [7, 11) is 0. The number of allylic oxidation sites excluding steroid dienone is 5. The van der Waals surface area contributed by atoms with Crippen molar-refractivity contribution in [2.24, 2.45) is 10.9 Å². The van der Waals surface area contributed by atoms with Crippen LogP contribution < -0.4 is 10.6 Å². The van der Waals surface area contributed by atoms with Crippen LogP contribution in [-0.4, -0.2) is 39.0 Å². The van der Waals surface area contributed by atoms with E-state index in [0.29, 0.717) is 35.3 Å². The predicted octanol–water partition coefficient (Wildman–Crippen LogP) is 3.78. The number of amides is 2. The van der Waals surface area contributed by atoms with Gasteiger partial charge in [0.05, 0.1) is 11.1 Å². The maximum absolute atomic E-state index is 12.9. The van der Waals surface area contributed by atoms with Crippen molar-refractivity contribution in [2.75, 3.05) is 11.9 Å². The molecule has 2 aromatic heterocycles. The van der Waals surface area contributed by atoms with E-state index >= 15 is 0 Å². The number of nitrogens with zero attached hydrogens (tertiary/aromatic N) is 3. The lowest BCUT2D eigenvalue weighted by Crippen LogP contribution is -2.27. The molecule has 2 aliphatic rings. The van der Waals surface area contributed by atoms with Gasteiger partial charge in [0.1, 0.15) is 11.2 Å². The van der Waals surface area contributed by atoms with Gasteiger partial charge in [-0.05, 0) is 47.9 Å². The number of anilines is 1. The fraction of sp³-hybridized carbons (Fsp3) is 0.160. The van der Waals surface area contributed by atoms with Gasteiger partial charge in [-0.3, -0.25) is 24.9 Å². The minimum atomic E-state index is -0.318. The van der Waals surface area contributed by atoms with Crippen molar-refractivity contribution in [1.29, 1.82) is 0 Å². The third kappa shape index (κ3) is 4.10. The van der Waals surface area contributed by atoms with Crippen molar-refractivity contribution in [3.63, 3.8) is 0 Å². The van der Waals surface area contributed by atoms with Crippen molar-refractivity contribution in [3.05, 3.63) is 78.3 Å². The molecule has 0 bridgehead atoms. The van der Waals surface area contributed by atoms with Crippen LogP contribution in [0.2, 0.25) is 0 Å². The molecule has 3 N–H and O–H groups in total. The van der Waals surface area contributed by atoms with E-state index in [1.165, 1.54) is 0 Å². The minimum Gasteiger partial charge on any atom is -0.352 e. The molecule has 33 heavy (non-hydrogen) atoms. The van der Waals surface area contributed by atoms with E-state index in [-0.39, 0.29) is 23.7 Å². The minimum absolute atomic E-state index is 0.149. The summed E-state index contributed by atoms with van der Waals surface area (Å²) >= 11 is 0. The van der Waals surface area contributed by atoms with Gasteiger partial charge >= 0.3 is 0 Å². The van der Waals surface area contributed by atoms with Gasteiger partial charge < -0.3 is 10.3 Å². The number of rotatable bonds is 5. The number of hydrogen-bond acceptors (Lipinski definition) is 5. The summed E-state index contributed by atoms with van der Waals surface area (Å²) in [6.45, 7) is 2.36. The SMILES string of the molecule is CCNC(=O)c1cc(-c2ccncc2)cc2[nH]c(NC(=O)C3=NC=C4C=CC=CC4C3)nc12. The number of pyridine rings is 1. The third-order valence-corrected chi connectivity index (χ3v) is 5.63. The Hall–Kier alpha value is -4.33. The van der Waals surface area contributed by atoms with Crippen LogP contribution >= 0.6 is 0 Å². The quantitative estimate of drug-likeness (QED) is 0.563. The number of hydrogen-bond donors (Lipinski definition) is 3. The molecule has 1 atom stereocenters. The van der Waals surface area contributed by atoms with Crippen LogP contribution in [0.5, 0.6) is 0 Å². The molecule has 2 amide bonds. The summed E-state index contributed by atoms with van der Waals surface area (Å²) in [5, 5.41) is 5.64. The number of aliphatic imine (C=N–C) groups is 1. The Labute approximate surface area is 190 Å². The molecule has 3 aromatic rings. The average molecular weight is 438 g/mol. The molecule has 1 aliphatic carbocycles. The number of H-pyrrole nitrogens is 1. The van der Waals surface area contributed by atoms with Crippen LogP contribution in [-0.2, 0) is 4.79 Å². The topological polar surface area (TPSA) is 112 Å². The molecular formula is C25H22N6O2. The van der Waals surface area contributed by atoms with Gasteiger partial charge in [-0.2, -0.15) is 0 Å². The van der Waals surface area contributed by atoms with E-state index < -0.39 is 0 Å². The first kappa shape index (κ1) is 20.6. The number of carbonyl (C=O) groups is 2. The normalized spacial score (nSPS) is 16.7. The van der Waals surface area contributed by atoms with Gasteiger partial charge in [0.25, 0.3) is 11.8 Å². The molecule has 1 aromatic carbocycles. The first-order valence-electron chi connectivity index (χ1n) is 10.8. The Kier molecular flexibility index (Phi) is 5.40. The van der Waals surface area contributed by atoms with Crippen molar-refractivity contribution in [1.82, 2.24) is 20.3 Å². The van der Waals surface area contributed by atoms with E-state index in [9.17, 15) is 9.59 Å². The lowest BCUT2D eigenvalue weighted by molar-refractivity contribution is -0.110. The second-order valence-electron chi connectivity index (χ2n) is 7.81. The largest absolute Gasteiger partial charge is 0.352 e. The third-order valence-electron chi connectivity index (χ3n) is 5.63. The molecule has 8 nitrogen and oxygen atoms in total. The van der Waals surface area contributed by atoms with Crippen molar-refractivity contribution >= 4 is 34.5 Å². The maximum Gasteiger partial charge on any atom is 0.272 e. The molecule has 1 aliphatic heterocycles. The zero-order chi connectivity index (χ0) is 22.8. The Bertz CT molecular complexity index is 1360. The fourth-order valence-corrected chi connectivity index (χ4v) is 3.99. The van der Waals surface area contributed by atoms with Crippen molar-refractivity contribution < 1.29 is 9.59 Å². The van der Waals surface area contributed by atoms with Crippen molar-refractivity contribution in [2.45, 2.75) is 13.3 Å². The highest BCUT2D eigenvalue weighted by Gasteiger charge is 2.24. The number of aromatic nitrogens is 3. The summed E-state index contributed by atoms with van der Waals surface area (Å²) in [4.78, 5) is 41.7. The maximum atomic E-state index is 12.9. The Morgan fingerprint density at radius 2 is 1.97 bits per heavy atom. The number of aromatic amines is 1. The van der Waals surface area contributed by atoms with Crippen molar-refractivity contribution in [3.8, 4) is 11.1 Å². The highest BCUT2D eigenvalue weighted by atomic mass is 16.2. The number of fused-ring (bicyclic) bond motifs is 2. The Balaban J connectivity index is 1.48. The highest BCUT2D eigenvalue weighted by Crippen LogP contribution is 2.29. The molecule has 0 saturated heterocycles. The van der Waals surface area contributed by atoms with Crippen LogP contribution in [0.3, 0.4) is 0 Å². The standard InChI is InChI=1S/C25H22N6O2/c1-2-27-23(32)19-11-18(15-7-9-26-10-8-15)13-20-22(19)30-25(29-20)31-24(33)21-12-16-5-3-4-6-17(16)14-28-21/h3-11,13-14,16H,2,12H2,1H3,(H,27,32)(H2,29,30,31,33). The monoisotopic (exact) mass is 438 g/mol. The van der Waals surface area contributed by atoms with Gasteiger partial charge in [0.2, 0.25) is 5.95 Å². The van der Waals surface area contributed by atoms with Gasteiger partial charge in [-0.1, -0.05) is 24.3 Å². The Morgan fingerprint density at radius 3 is 2.79 bits per heavy atom. The summed E-state index contributed by atoms with van der Waals surface area (Å²) in [5.41, 5.74) is 4.86. The lowest BCUT2D eigenvalue weighted by atomic mass is 9.88. The van der Waals surface area contributed by atoms with E-state index in [4.69, 9.17) is 0 Å². The van der Waals surface area contributed by atoms with Gasteiger partial charge in [0.15, 0.2) is 0 Å².